The normalized spacial score (nSPS) is 11.4. The van der Waals surface area contributed by atoms with E-state index in [2.05, 4.69) is 4.74 Å². The molecular formula is C7H4ClF3O2S. The van der Waals surface area contributed by atoms with Gasteiger partial charge in [0.05, 0.1) is 0 Å². The van der Waals surface area contributed by atoms with Gasteiger partial charge in [-0.05, 0) is 11.4 Å². The maximum absolute atomic E-state index is 12.1. The molecule has 0 saturated carbocycles. The Hall–Kier alpha value is -0.750. The van der Waals surface area contributed by atoms with Gasteiger partial charge in [0.15, 0.2) is 0 Å². The Kier molecular flexibility index (Phi) is 3.38. The highest BCUT2D eigenvalue weighted by Gasteiger charge is 2.32. The van der Waals surface area contributed by atoms with E-state index in [-0.39, 0.29) is 12.2 Å². The van der Waals surface area contributed by atoms with Gasteiger partial charge in [0.2, 0.25) is 0 Å². The molecule has 0 aliphatic rings. The fourth-order valence-corrected chi connectivity index (χ4v) is 1.56. The summed E-state index contributed by atoms with van der Waals surface area (Å²) >= 11 is 5.39. The van der Waals surface area contributed by atoms with Crippen molar-refractivity contribution in [2.45, 2.75) is 12.8 Å². The third-order valence-electron chi connectivity index (χ3n) is 1.29. The largest absolute Gasteiger partial charge is 0.449 e. The highest BCUT2D eigenvalue weighted by Crippen LogP contribution is 2.34. The van der Waals surface area contributed by atoms with Crippen molar-refractivity contribution in [3.63, 3.8) is 0 Å². The molecule has 2 nitrogen and oxygen atoms in total. The molecule has 0 aromatic carbocycles. The quantitative estimate of drug-likeness (QED) is 0.743. The molecule has 1 heterocycles. The Morgan fingerprint density at radius 3 is 2.64 bits per heavy atom. The van der Waals surface area contributed by atoms with Crippen molar-refractivity contribution in [3.05, 3.63) is 21.9 Å². The topological polar surface area (TPSA) is 26.3 Å². The molecule has 0 atom stereocenters. The number of halogens is 4. The molecule has 0 radical (unpaired) electrons. The van der Waals surface area contributed by atoms with Crippen LogP contribution in [0.4, 0.5) is 18.0 Å². The third-order valence-corrected chi connectivity index (χ3v) is 2.42. The van der Waals surface area contributed by atoms with Gasteiger partial charge in [-0.1, -0.05) is 0 Å². The van der Waals surface area contributed by atoms with Gasteiger partial charge >= 0.3 is 11.6 Å². The van der Waals surface area contributed by atoms with Crippen molar-refractivity contribution in [1.29, 1.82) is 0 Å². The molecule has 7 heteroatoms. The number of carbonyl (C=O) groups excluding carboxylic acids is 1. The van der Waals surface area contributed by atoms with Gasteiger partial charge in [-0.2, -0.15) is 13.2 Å². The summed E-state index contributed by atoms with van der Waals surface area (Å²) in [6, 6.07) is 0.921. The minimum absolute atomic E-state index is 0.241. The zero-order chi connectivity index (χ0) is 10.8. The minimum atomic E-state index is -4.35. The smallest absolute Gasteiger partial charge is 0.425 e. The fraction of sp³-hybridized carbons (Fsp3) is 0.286. The van der Waals surface area contributed by atoms with Crippen molar-refractivity contribution in [3.8, 4) is 0 Å². The van der Waals surface area contributed by atoms with Gasteiger partial charge < -0.3 is 4.74 Å². The number of ether oxygens (including phenoxy) is 1. The molecule has 0 N–H and O–H groups in total. The van der Waals surface area contributed by atoms with Gasteiger partial charge in [0.1, 0.15) is 11.5 Å². The van der Waals surface area contributed by atoms with E-state index in [9.17, 15) is 18.0 Å². The zero-order valence-electron chi connectivity index (χ0n) is 6.60. The van der Waals surface area contributed by atoms with E-state index in [0.717, 1.165) is 6.07 Å². The first-order valence-electron chi connectivity index (χ1n) is 3.36. The van der Waals surface area contributed by atoms with Crippen LogP contribution in [0.2, 0.25) is 0 Å². The molecule has 0 bridgehead atoms. The van der Waals surface area contributed by atoms with Crippen LogP contribution in [0.1, 0.15) is 10.4 Å². The Balaban J connectivity index is 2.64. The summed E-state index contributed by atoms with van der Waals surface area (Å²) < 4.78 is 40.5. The van der Waals surface area contributed by atoms with E-state index in [1.165, 1.54) is 5.38 Å². The molecule has 0 amide bonds. The monoisotopic (exact) mass is 244 g/mol. The Labute approximate surface area is 86.2 Å². The van der Waals surface area contributed by atoms with E-state index in [1.807, 2.05) is 0 Å². The summed E-state index contributed by atoms with van der Waals surface area (Å²) in [5, 5.41) is 1.27. The summed E-state index contributed by atoms with van der Waals surface area (Å²) in [6.07, 6.45) is -4.35. The number of hydrogen-bond donors (Lipinski definition) is 0. The second-order valence-corrected chi connectivity index (χ2v) is 3.56. The van der Waals surface area contributed by atoms with Crippen molar-refractivity contribution < 1.29 is 22.7 Å². The summed E-state index contributed by atoms with van der Waals surface area (Å²) in [6.45, 7) is -0.241. The van der Waals surface area contributed by atoms with Crippen LogP contribution in [0, 0.1) is 0 Å². The number of thiophene rings is 1. The van der Waals surface area contributed by atoms with Crippen LogP contribution in [-0.4, -0.2) is 5.43 Å². The first kappa shape index (κ1) is 11.3. The predicted molar refractivity (Wildman–Crippen MR) is 45.4 cm³/mol. The van der Waals surface area contributed by atoms with Gasteiger partial charge in [-0.3, -0.25) is 0 Å². The molecule has 78 valence electrons. The first-order chi connectivity index (χ1) is 6.39. The lowest BCUT2D eigenvalue weighted by molar-refractivity contribution is -0.134. The molecule has 0 aliphatic carbocycles. The first-order valence-corrected chi connectivity index (χ1v) is 4.62. The molecular weight excluding hydrogens is 241 g/mol. The number of carbonyl (C=O) groups is 1. The number of hydrogen-bond acceptors (Lipinski definition) is 3. The van der Waals surface area contributed by atoms with E-state index in [0.29, 0.717) is 11.3 Å². The molecule has 0 aliphatic heterocycles. The molecule has 0 unspecified atom stereocenters. The number of rotatable bonds is 2. The second kappa shape index (κ2) is 4.18. The Morgan fingerprint density at radius 1 is 1.57 bits per heavy atom. The van der Waals surface area contributed by atoms with E-state index >= 15 is 0 Å². The second-order valence-electron chi connectivity index (χ2n) is 2.34. The molecule has 0 spiro atoms. The lowest BCUT2D eigenvalue weighted by atomic mass is 10.3. The van der Waals surface area contributed by atoms with E-state index in [4.69, 9.17) is 11.6 Å². The average molecular weight is 245 g/mol. The zero-order valence-corrected chi connectivity index (χ0v) is 8.17. The Bertz CT molecular complexity index is 334. The van der Waals surface area contributed by atoms with Crippen LogP contribution < -0.4 is 0 Å². The van der Waals surface area contributed by atoms with Crippen LogP contribution >= 0.6 is 22.9 Å². The molecule has 14 heavy (non-hydrogen) atoms. The molecule has 0 saturated heterocycles. The lowest BCUT2D eigenvalue weighted by Gasteiger charge is -2.00. The third kappa shape index (κ3) is 3.19. The molecule has 0 fully saturated rings. The van der Waals surface area contributed by atoms with Crippen LogP contribution in [0.15, 0.2) is 11.4 Å². The lowest BCUT2D eigenvalue weighted by Crippen LogP contribution is -2.01. The highest BCUT2D eigenvalue weighted by molar-refractivity contribution is 7.10. The molecule has 1 rings (SSSR count). The fourth-order valence-electron chi connectivity index (χ4n) is 0.740. The Morgan fingerprint density at radius 2 is 2.21 bits per heavy atom. The van der Waals surface area contributed by atoms with E-state index < -0.39 is 16.5 Å². The predicted octanol–water partition coefficient (Wildman–Crippen LogP) is 3.64. The SMILES string of the molecule is O=C(Cl)OCc1csc(C(F)(F)F)c1. The summed E-state index contributed by atoms with van der Waals surface area (Å²) in [7, 11) is 0. The molecule has 1 aromatic rings. The maximum atomic E-state index is 12.1. The van der Waals surface area contributed by atoms with Crippen molar-refractivity contribution in [1.82, 2.24) is 0 Å². The van der Waals surface area contributed by atoms with E-state index in [1.54, 1.807) is 0 Å². The van der Waals surface area contributed by atoms with Gasteiger partial charge in [-0.15, -0.1) is 11.3 Å². The van der Waals surface area contributed by atoms with Crippen LogP contribution in [-0.2, 0) is 17.5 Å². The van der Waals surface area contributed by atoms with Crippen molar-refractivity contribution in [2.75, 3.05) is 0 Å². The van der Waals surface area contributed by atoms with Crippen molar-refractivity contribution >= 4 is 28.4 Å². The standard InChI is InChI=1S/C7H4ClF3O2S/c8-6(12)13-2-4-1-5(14-3-4)7(9,10)11/h1,3H,2H2. The average Bonchev–Trinajstić information content (AvgIpc) is 2.47. The molecule has 1 aromatic heterocycles. The van der Waals surface area contributed by atoms with Crippen LogP contribution in [0.3, 0.4) is 0 Å². The van der Waals surface area contributed by atoms with Gasteiger partial charge in [0.25, 0.3) is 0 Å². The highest BCUT2D eigenvalue weighted by atomic mass is 35.5. The van der Waals surface area contributed by atoms with Crippen LogP contribution in [0.25, 0.3) is 0 Å². The van der Waals surface area contributed by atoms with Crippen molar-refractivity contribution in [2.24, 2.45) is 0 Å². The van der Waals surface area contributed by atoms with Gasteiger partial charge in [0, 0.05) is 17.2 Å². The number of alkyl halides is 3. The van der Waals surface area contributed by atoms with Gasteiger partial charge in [-0.25, -0.2) is 4.79 Å². The summed E-state index contributed by atoms with van der Waals surface area (Å²) in [5.74, 6) is 0. The van der Waals surface area contributed by atoms with Crippen LogP contribution in [0.5, 0.6) is 0 Å². The summed E-state index contributed by atoms with van der Waals surface area (Å²) in [5.41, 5.74) is -0.763. The minimum Gasteiger partial charge on any atom is -0.449 e. The maximum Gasteiger partial charge on any atom is 0.425 e. The summed E-state index contributed by atoms with van der Waals surface area (Å²) in [4.78, 5) is 9.42.